The lowest BCUT2D eigenvalue weighted by atomic mass is 10.3. The molecule has 0 aliphatic heterocycles. The van der Waals surface area contributed by atoms with Crippen molar-refractivity contribution >= 4 is 39.6 Å². The highest BCUT2D eigenvalue weighted by atomic mass is 79.9. The molecule has 0 radical (unpaired) electrons. The number of hydrogen-bond acceptors (Lipinski definition) is 5. The van der Waals surface area contributed by atoms with Crippen LogP contribution in [0, 0.1) is 0 Å². The summed E-state index contributed by atoms with van der Waals surface area (Å²) in [5, 5.41) is 14.3. The van der Waals surface area contributed by atoms with Crippen LogP contribution < -0.4 is 5.32 Å². The van der Waals surface area contributed by atoms with Crippen molar-refractivity contribution in [3.63, 3.8) is 0 Å². The molecule has 0 saturated carbocycles. The van der Waals surface area contributed by atoms with Gasteiger partial charge in [0.15, 0.2) is 0 Å². The van der Waals surface area contributed by atoms with Crippen molar-refractivity contribution in [1.29, 1.82) is 0 Å². The van der Waals surface area contributed by atoms with Gasteiger partial charge in [-0.05, 0) is 5.53 Å². The van der Waals surface area contributed by atoms with E-state index in [1.54, 1.807) is 0 Å². The normalized spacial score (nSPS) is 9.48. The average molecular weight is 393 g/mol. The zero-order valence-corrected chi connectivity index (χ0v) is 14.0. The molecule has 0 saturated heterocycles. The van der Waals surface area contributed by atoms with Crippen molar-refractivity contribution in [3.8, 4) is 0 Å². The van der Waals surface area contributed by atoms with Gasteiger partial charge in [0.05, 0.1) is 18.4 Å². The molecule has 0 aliphatic carbocycles. The molecule has 128 valence electrons. The number of alkyl halides is 1. The molecule has 11 nitrogen and oxygen atoms in total. The van der Waals surface area contributed by atoms with Gasteiger partial charge < -0.3 is 20.2 Å². The Morgan fingerprint density at radius 1 is 1.26 bits per heavy atom. The van der Waals surface area contributed by atoms with Gasteiger partial charge >= 0.3 is 5.97 Å². The summed E-state index contributed by atoms with van der Waals surface area (Å²) in [4.78, 5) is 50.2. The fraction of sp³-hybridized carbons (Fsp3) is 0.636. The maximum atomic E-state index is 12.0. The maximum absolute atomic E-state index is 12.0. The fourth-order valence-corrected chi connectivity index (χ4v) is 1.61. The van der Waals surface area contributed by atoms with Gasteiger partial charge in [-0.25, -0.2) is 0 Å². The number of amides is 3. The van der Waals surface area contributed by atoms with Gasteiger partial charge in [-0.2, -0.15) is 0 Å². The highest BCUT2D eigenvalue weighted by molar-refractivity contribution is 9.09. The van der Waals surface area contributed by atoms with E-state index in [0.29, 0.717) is 0 Å². The van der Waals surface area contributed by atoms with Crippen LogP contribution >= 0.6 is 15.9 Å². The molecule has 0 aromatic rings. The number of carboxylic acids is 1. The molecule has 0 spiro atoms. The fourth-order valence-electron chi connectivity index (χ4n) is 1.41. The van der Waals surface area contributed by atoms with Gasteiger partial charge in [0.2, 0.25) is 17.7 Å². The van der Waals surface area contributed by atoms with E-state index in [2.05, 4.69) is 31.3 Å². The molecule has 12 heteroatoms. The van der Waals surface area contributed by atoms with Gasteiger partial charge in [0.25, 0.3) is 0 Å². The van der Waals surface area contributed by atoms with E-state index in [9.17, 15) is 19.2 Å². The Bertz CT molecular complexity index is 507. The second kappa shape index (κ2) is 11.3. The Morgan fingerprint density at radius 2 is 1.91 bits per heavy atom. The van der Waals surface area contributed by atoms with E-state index in [1.807, 2.05) is 0 Å². The summed E-state index contributed by atoms with van der Waals surface area (Å²) in [5.41, 5.74) is 8.25. The Labute approximate surface area is 140 Å². The van der Waals surface area contributed by atoms with Gasteiger partial charge in [0.1, 0.15) is 6.54 Å². The van der Waals surface area contributed by atoms with Crippen LogP contribution in [-0.4, -0.2) is 83.7 Å². The first-order valence-corrected chi connectivity index (χ1v) is 7.51. The van der Waals surface area contributed by atoms with Crippen molar-refractivity contribution < 1.29 is 24.3 Å². The van der Waals surface area contributed by atoms with E-state index < -0.39 is 30.2 Å². The van der Waals surface area contributed by atoms with Crippen LogP contribution in [0.4, 0.5) is 0 Å². The average Bonchev–Trinajstić information content (AvgIpc) is 2.50. The number of carboxylic acid groups (broad SMARTS) is 1. The van der Waals surface area contributed by atoms with E-state index in [4.69, 9.17) is 10.6 Å². The summed E-state index contributed by atoms with van der Waals surface area (Å²) >= 11 is 2.93. The molecule has 0 aromatic carbocycles. The molecule has 0 fully saturated rings. The number of azide groups is 1. The van der Waals surface area contributed by atoms with Gasteiger partial charge in [0, 0.05) is 25.0 Å². The molecule has 23 heavy (non-hydrogen) atoms. The Kier molecular flexibility index (Phi) is 10.1. The topological polar surface area (TPSA) is 156 Å². The first kappa shape index (κ1) is 20.7. The lowest BCUT2D eigenvalue weighted by molar-refractivity contribution is -0.145. The van der Waals surface area contributed by atoms with Gasteiger partial charge in [-0.15, -0.1) is 0 Å². The van der Waals surface area contributed by atoms with Gasteiger partial charge in [-0.3, -0.25) is 19.2 Å². The third-order valence-corrected chi connectivity index (χ3v) is 3.08. The summed E-state index contributed by atoms with van der Waals surface area (Å²) in [7, 11) is 1.29. The summed E-state index contributed by atoms with van der Waals surface area (Å²) in [6.07, 6.45) is 0. The third kappa shape index (κ3) is 9.32. The number of rotatable bonds is 10. The summed E-state index contributed by atoms with van der Waals surface area (Å²) in [5.74, 6) is -2.72. The molecular formula is C11H17BrN6O5. The van der Waals surface area contributed by atoms with Gasteiger partial charge in [-0.1, -0.05) is 21.0 Å². The predicted molar refractivity (Wildman–Crippen MR) is 82.7 cm³/mol. The molecule has 0 rings (SSSR count). The number of nitrogens with zero attached hydrogens (tertiary/aromatic N) is 5. The SMILES string of the molecule is CN(CC(=O)O)C(=O)CN(CCN=[N+]=[N-])C(=O)CNC(=O)CBr. The third-order valence-electron chi connectivity index (χ3n) is 2.57. The first-order chi connectivity index (χ1) is 10.8. The number of likely N-dealkylation sites (N-methyl/N-ethyl adjacent to an activating group) is 1. The first-order valence-electron chi connectivity index (χ1n) is 6.38. The second-order valence-corrected chi connectivity index (χ2v) is 4.88. The van der Waals surface area contributed by atoms with E-state index >= 15 is 0 Å². The quantitative estimate of drug-likeness (QED) is 0.215. The zero-order chi connectivity index (χ0) is 17.8. The highest BCUT2D eigenvalue weighted by Gasteiger charge is 2.20. The van der Waals surface area contributed by atoms with Crippen LogP contribution in [0.1, 0.15) is 0 Å². The molecule has 0 bridgehead atoms. The molecular weight excluding hydrogens is 376 g/mol. The standard InChI is InChI=1S/C11H17BrN6O5/c1-17(7-11(22)23)10(21)6-18(3-2-15-16-13)9(20)5-14-8(19)4-12/h2-7H2,1H3,(H,14,19)(H,22,23). The second-order valence-electron chi connectivity index (χ2n) is 4.32. The lowest BCUT2D eigenvalue weighted by Crippen LogP contribution is -2.47. The summed E-state index contributed by atoms with van der Waals surface area (Å²) < 4.78 is 0. The Hall–Kier alpha value is -2.33. The van der Waals surface area contributed by atoms with E-state index in [1.165, 1.54) is 7.05 Å². The molecule has 0 aromatic heterocycles. The van der Waals surface area contributed by atoms with Crippen LogP contribution in [0.3, 0.4) is 0 Å². The van der Waals surface area contributed by atoms with Crippen molar-refractivity contribution in [2.24, 2.45) is 5.11 Å². The number of carbonyl (C=O) groups excluding carboxylic acids is 3. The van der Waals surface area contributed by atoms with E-state index in [0.717, 1.165) is 9.80 Å². The number of carbonyl (C=O) groups is 4. The predicted octanol–water partition coefficient (Wildman–Crippen LogP) is -0.821. The Balaban J connectivity index is 4.74. The largest absolute Gasteiger partial charge is 0.480 e. The van der Waals surface area contributed by atoms with Crippen molar-refractivity contribution in [2.75, 3.05) is 45.1 Å². The van der Waals surface area contributed by atoms with Crippen LogP contribution in [0.5, 0.6) is 0 Å². The van der Waals surface area contributed by atoms with Crippen LogP contribution in [-0.2, 0) is 19.2 Å². The highest BCUT2D eigenvalue weighted by Crippen LogP contribution is 1.95. The molecule has 0 heterocycles. The van der Waals surface area contributed by atoms with Crippen molar-refractivity contribution in [3.05, 3.63) is 10.4 Å². The molecule has 0 atom stereocenters. The van der Waals surface area contributed by atoms with Crippen LogP contribution in [0.25, 0.3) is 10.4 Å². The Morgan fingerprint density at radius 3 is 2.43 bits per heavy atom. The molecule has 0 unspecified atom stereocenters. The minimum Gasteiger partial charge on any atom is -0.480 e. The van der Waals surface area contributed by atoms with Crippen LogP contribution in [0.15, 0.2) is 5.11 Å². The molecule has 3 amide bonds. The maximum Gasteiger partial charge on any atom is 0.323 e. The zero-order valence-electron chi connectivity index (χ0n) is 12.4. The number of aliphatic carboxylic acids is 1. The number of nitrogens with one attached hydrogen (secondary N) is 1. The minimum atomic E-state index is -1.18. The molecule has 0 aliphatic rings. The summed E-state index contributed by atoms with van der Waals surface area (Å²) in [6, 6.07) is 0. The number of hydrogen-bond donors (Lipinski definition) is 2. The monoisotopic (exact) mass is 392 g/mol. The lowest BCUT2D eigenvalue weighted by Gasteiger charge is -2.24. The van der Waals surface area contributed by atoms with Crippen molar-refractivity contribution in [1.82, 2.24) is 15.1 Å². The van der Waals surface area contributed by atoms with E-state index in [-0.39, 0.29) is 31.5 Å². The molecule has 2 N–H and O–H groups in total. The smallest absolute Gasteiger partial charge is 0.323 e. The van der Waals surface area contributed by atoms with Crippen molar-refractivity contribution in [2.45, 2.75) is 0 Å². The summed E-state index contributed by atoms with van der Waals surface area (Å²) in [6.45, 7) is -1.29. The number of halogens is 1. The minimum absolute atomic E-state index is 0.0271. The van der Waals surface area contributed by atoms with Crippen LogP contribution in [0.2, 0.25) is 0 Å².